The van der Waals surface area contributed by atoms with Gasteiger partial charge in [0, 0.05) is 36.4 Å². The minimum atomic E-state index is -0.757. The monoisotopic (exact) mass is 796 g/mol. The molecule has 3 heteroatoms. The van der Waals surface area contributed by atoms with Crippen LogP contribution in [-0.2, 0) is 25.0 Å². The van der Waals surface area contributed by atoms with E-state index in [4.69, 9.17) is 0 Å². The zero-order valence-corrected chi connectivity index (χ0v) is 37.1. The largest absolute Gasteiger partial charge is 0.565 e. The fraction of sp³-hybridized carbons (Fsp3) is 0.224. The molecule has 0 fully saturated rings. The Morgan fingerprint density at radius 1 is 0.557 bits per heavy atom. The summed E-state index contributed by atoms with van der Waals surface area (Å²) in [6.45, 7) is 17.7. The van der Waals surface area contributed by atoms with E-state index in [0.29, 0.717) is 5.92 Å². The molecule has 7 aromatic rings. The molecule has 61 heavy (non-hydrogen) atoms. The Hall–Kier alpha value is -6.45. The van der Waals surface area contributed by atoms with Crippen LogP contribution in [0.1, 0.15) is 80.5 Å². The molecule has 2 aliphatic heterocycles. The Kier molecular flexibility index (Phi) is 10.6. The molecular weight excluding hydrogens is 739 g/mol. The first-order valence-corrected chi connectivity index (χ1v) is 22.1. The van der Waals surface area contributed by atoms with Gasteiger partial charge in [-0.15, -0.1) is 0 Å². The molecule has 1 spiro atoms. The molecule has 3 aromatic heterocycles. The van der Waals surface area contributed by atoms with Crippen molar-refractivity contribution in [3.8, 4) is 44.9 Å². The number of nitrogens with zero attached hydrogens (tertiary/aromatic N) is 3. The Labute approximate surface area is 363 Å². The number of fused-ring (bicyclic) bond motifs is 12. The molecule has 0 N–H and O–H groups in total. The lowest BCUT2D eigenvalue weighted by atomic mass is 9.86. The van der Waals surface area contributed by atoms with Gasteiger partial charge in [-0.05, 0) is 152 Å². The molecule has 9 rings (SSSR count). The fourth-order valence-corrected chi connectivity index (χ4v) is 10.1. The van der Waals surface area contributed by atoms with E-state index in [0.717, 1.165) is 19.3 Å². The van der Waals surface area contributed by atoms with Gasteiger partial charge in [-0.2, -0.15) is 0 Å². The lowest BCUT2D eigenvalue weighted by molar-refractivity contribution is -1.16. The van der Waals surface area contributed by atoms with Gasteiger partial charge >= 0.3 is 5.79 Å². The molecule has 2 aliphatic rings. The number of benzene rings is 4. The molecule has 0 radical (unpaired) electrons. The standard InChI is InChI=1S/C58H58N3/c1-9-43(33-39(3)4)46-26-24-44-22-23-45-25-27-48(51-34-41(7)20-21-42(51)8)37-53(45)56-18-12-15-31-60(56)58(59-30-14-11-17-55(59)52(44)35-46)38-49-29-28-47(50(10-2)40(5)6)36-54(49)57-19-13-16-32-61(57)58/h9-21,24-37,40H,22-23,38H2,1-8H3/q+3. The summed E-state index contributed by atoms with van der Waals surface area (Å²) in [4.78, 5) is 0. The summed E-state index contributed by atoms with van der Waals surface area (Å²) >= 11 is 0. The van der Waals surface area contributed by atoms with E-state index in [1.807, 2.05) is 0 Å². The summed E-state index contributed by atoms with van der Waals surface area (Å²) in [6, 6.07) is 48.7. The van der Waals surface area contributed by atoms with Crippen molar-refractivity contribution in [3.05, 3.63) is 209 Å². The number of hydrogen-bond donors (Lipinski definition) is 0. The number of rotatable bonds is 5. The van der Waals surface area contributed by atoms with Gasteiger partial charge in [0.1, 0.15) is 0 Å². The van der Waals surface area contributed by atoms with Crippen LogP contribution in [0, 0.1) is 19.8 Å². The number of aromatic nitrogens is 3. The summed E-state index contributed by atoms with van der Waals surface area (Å²) in [6.07, 6.45) is 16.4. The first-order chi connectivity index (χ1) is 29.6. The van der Waals surface area contributed by atoms with Gasteiger partial charge in [-0.1, -0.05) is 112 Å². The lowest BCUT2D eigenvalue weighted by Gasteiger charge is -2.28. The van der Waals surface area contributed by atoms with E-state index in [1.165, 1.54) is 101 Å². The van der Waals surface area contributed by atoms with Crippen LogP contribution in [0.2, 0.25) is 0 Å². The highest BCUT2D eigenvalue weighted by Crippen LogP contribution is 2.39. The second kappa shape index (κ2) is 16.2. The number of hydrogen-bond acceptors (Lipinski definition) is 0. The summed E-state index contributed by atoms with van der Waals surface area (Å²) in [5, 5.41) is 0. The van der Waals surface area contributed by atoms with Crippen molar-refractivity contribution < 1.29 is 13.7 Å². The highest BCUT2D eigenvalue weighted by Gasteiger charge is 2.65. The zero-order valence-electron chi connectivity index (χ0n) is 37.1. The average Bonchev–Trinajstić information content (AvgIpc) is 3.29. The van der Waals surface area contributed by atoms with Gasteiger partial charge in [0.2, 0.25) is 17.1 Å². The lowest BCUT2D eigenvalue weighted by Crippen LogP contribution is -2.89. The molecule has 3 nitrogen and oxygen atoms in total. The Balaban J connectivity index is 1.41. The molecule has 5 heterocycles. The van der Waals surface area contributed by atoms with Gasteiger partial charge in [-0.3, -0.25) is 0 Å². The molecule has 0 aliphatic carbocycles. The number of aryl methyl sites for hydroxylation is 4. The fourth-order valence-electron chi connectivity index (χ4n) is 10.1. The van der Waals surface area contributed by atoms with Gasteiger partial charge < -0.3 is 0 Å². The Morgan fingerprint density at radius 3 is 1.67 bits per heavy atom. The van der Waals surface area contributed by atoms with Crippen molar-refractivity contribution in [2.75, 3.05) is 0 Å². The van der Waals surface area contributed by atoms with Gasteiger partial charge in [0.05, 0.1) is 16.7 Å². The molecule has 1 atom stereocenters. The molecular formula is C58H58N3+3. The van der Waals surface area contributed by atoms with E-state index in [9.17, 15) is 0 Å². The Morgan fingerprint density at radius 2 is 1.10 bits per heavy atom. The second-order valence-electron chi connectivity index (χ2n) is 17.6. The maximum absolute atomic E-state index is 2.59. The summed E-state index contributed by atoms with van der Waals surface area (Å²) < 4.78 is 7.73. The molecule has 0 saturated carbocycles. The predicted octanol–water partition coefficient (Wildman–Crippen LogP) is 12.6. The van der Waals surface area contributed by atoms with E-state index >= 15 is 0 Å². The minimum absolute atomic E-state index is 0.422. The summed E-state index contributed by atoms with van der Waals surface area (Å²) in [5.74, 6) is -0.334. The van der Waals surface area contributed by atoms with Crippen molar-refractivity contribution in [1.29, 1.82) is 0 Å². The highest BCUT2D eigenvalue weighted by atomic mass is 15.4. The van der Waals surface area contributed by atoms with Crippen molar-refractivity contribution in [3.63, 3.8) is 0 Å². The van der Waals surface area contributed by atoms with E-state index < -0.39 is 5.79 Å². The zero-order chi connectivity index (χ0) is 42.4. The van der Waals surface area contributed by atoms with Crippen LogP contribution in [0.3, 0.4) is 0 Å². The van der Waals surface area contributed by atoms with Crippen LogP contribution in [0.15, 0.2) is 170 Å². The third-order valence-electron chi connectivity index (χ3n) is 13.0. The van der Waals surface area contributed by atoms with Crippen molar-refractivity contribution >= 4 is 11.1 Å². The van der Waals surface area contributed by atoms with Gasteiger partial charge in [-0.25, -0.2) is 0 Å². The van der Waals surface area contributed by atoms with Gasteiger partial charge in [0.15, 0.2) is 25.0 Å². The van der Waals surface area contributed by atoms with E-state index in [2.05, 4.69) is 233 Å². The van der Waals surface area contributed by atoms with Crippen LogP contribution < -0.4 is 13.7 Å². The van der Waals surface area contributed by atoms with Crippen molar-refractivity contribution in [2.45, 2.75) is 80.4 Å². The number of allylic oxidation sites excluding steroid dienone is 6. The SMILES string of the molecule is CC=C(C=C(C)C)c1ccc2c(c1)-c1cccc[n+]1C1(Cc3ccc(C(=CC)C(C)C)cc3-c3cccc[n+]31)[n+]1ccccc1-c1cc(-c3cc(C)ccc3C)ccc1CC2. The Bertz CT molecular complexity index is 2940. The third-order valence-corrected chi connectivity index (χ3v) is 13.0. The second-order valence-corrected chi connectivity index (χ2v) is 17.6. The van der Waals surface area contributed by atoms with Crippen molar-refractivity contribution in [1.82, 2.24) is 0 Å². The normalized spacial score (nSPS) is 15.8. The highest BCUT2D eigenvalue weighted by molar-refractivity contribution is 5.79. The molecule has 0 saturated heterocycles. The van der Waals surface area contributed by atoms with E-state index in [1.54, 1.807) is 0 Å². The minimum Gasteiger partial charge on any atom is -0.0836 e. The van der Waals surface area contributed by atoms with Crippen LogP contribution in [0.25, 0.3) is 56.0 Å². The molecule has 4 aromatic carbocycles. The van der Waals surface area contributed by atoms with Crippen LogP contribution >= 0.6 is 0 Å². The van der Waals surface area contributed by atoms with Crippen LogP contribution in [-0.4, -0.2) is 0 Å². The predicted molar refractivity (Wildman–Crippen MR) is 253 cm³/mol. The van der Waals surface area contributed by atoms with E-state index in [-0.39, 0.29) is 0 Å². The third kappa shape index (κ3) is 7.00. The topological polar surface area (TPSA) is 11.6 Å². The smallest absolute Gasteiger partial charge is 0.0836 e. The quantitative estimate of drug-likeness (QED) is 0.121. The molecule has 0 bridgehead atoms. The molecule has 0 amide bonds. The van der Waals surface area contributed by atoms with Crippen LogP contribution in [0.5, 0.6) is 0 Å². The summed E-state index contributed by atoms with van der Waals surface area (Å²) in [5.41, 5.74) is 22.9. The maximum Gasteiger partial charge on any atom is 0.565 e. The van der Waals surface area contributed by atoms with Crippen LogP contribution in [0.4, 0.5) is 0 Å². The van der Waals surface area contributed by atoms with Crippen molar-refractivity contribution in [2.24, 2.45) is 5.92 Å². The maximum atomic E-state index is 2.59. The van der Waals surface area contributed by atoms with Gasteiger partial charge in [0.25, 0.3) is 0 Å². The first kappa shape index (κ1) is 40.0. The molecule has 302 valence electrons. The molecule has 1 unspecified atom stereocenters. The number of pyridine rings is 3. The first-order valence-electron chi connectivity index (χ1n) is 22.1. The summed E-state index contributed by atoms with van der Waals surface area (Å²) in [7, 11) is 0. The average molecular weight is 797 g/mol.